The van der Waals surface area contributed by atoms with Crippen LogP contribution in [0.2, 0.25) is 0 Å². The highest BCUT2D eigenvalue weighted by Gasteiger charge is 2.45. The number of carbonyl (C=O) groups is 2. The molecule has 2 N–H and O–H groups in total. The van der Waals surface area contributed by atoms with E-state index in [4.69, 9.17) is 0 Å². The van der Waals surface area contributed by atoms with Crippen LogP contribution in [-0.4, -0.2) is 56.7 Å². The minimum absolute atomic E-state index is 0.0551. The SMILES string of the molecule is CSC1(CNC(=O)N2C(C(=O)O)CSC2C(C)C)CC1. The molecule has 0 aromatic heterocycles. The third-order valence-corrected chi connectivity index (χ3v) is 6.97. The third-order valence-electron chi connectivity index (χ3n) is 3.93. The molecule has 1 saturated carbocycles. The van der Waals surface area contributed by atoms with Crippen molar-refractivity contribution in [2.24, 2.45) is 5.92 Å². The summed E-state index contributed by atoms with van der Waals surface area (Å²) < 4.78 is 0.189. The van der Waals surface area contributed by atoms with E-state index < -0.39 is 12.0 Å². The second-order valence-corrected chi connectivity index (χ2v) is 8.20. The number of carbonyl (C=O) groups excluding carboxylic acids is 1. The summed E-state index contributed by atoms with van der Waals surface area (Å²) in [6.07, 6.45) is 4.31. The Morgan fingerprint density at radius 2 is 2.15 bits per heavy atom. The number of nitrogens with one attached hydrogen (secondary N) is 1. The molecule has 114 valence electrons. The molecular weight excluding hydrogens is 296 g/mol. The Hall–Kier alpha value is -0.560. The second-order valence-electron chi connectivity index (χ2n) is 5.78. The average Bonchev–Trinajstić information content (AvgIpc) is 3.03. The average molecular weight is 318 g/mol. The van der Waals surface area contributed by atoms with Crippen molar-refractivity contribution in [1.82, 2.24) is 10.2 Å². The first-order valence-corrected chi connectivity index (χ1v) is 9.13. The largest absolute Gasteiger partial charge is 0.480 e. The smallest absolute Gasteiger partial charge is 0.327 e. The maximum absolute atomic E-state index is 12.4. The molecule has 2 rings (SSSR count). The zero-order chi connectivity index (χ0) is 14.9. The van der Waals surface area contributed by atoms with Crippen molar-refractivity contribution >= 4 is 35.5 Å². The van der Waals surface area contributed by atoms with Gasteiger partial charge in [-0.15, -0.1) is 11.8 Å². The normalized spacial score (nSPS) is 27.7. The minimum atomic E-state index is -0.915. The van der Waals surface area contributed by atoms with Gasteiger partial charge in [-0.25, -0.2) is 9.59 Å². The Labute approximate surface area is 128 Å². The summed E-state index contributed by atoms with van der Waals surface area (Å²) in [7, 11) is 0. The lowest BCUT2D eigenvalue weighted by Gasteiger charge is -2.30. The molecule has 0 spiro atoms. The predicted octanol–water partition coefficient (Wildman–Crippen LogP) is 2.08. The molecule has 7 heteroatoms. The van der Waals surface area contributed by atoms with Gasteiger partial charge in [0, 0.05) is 17.0 Å². The Morgan fingerprint density at radius 1 is 1.50 bits per heavy atom. The monoisotopic (exact) mass is 318 g/mol. The number of carboxylic acids is 1. The van der Waals surface area contributed by atoms with Crippen molar-refractivity contribution in [3.63, 3.8) is 0 Å². The van der Waals surface area contributed by atoms with E-state index in [1.807, 2.05) is 13.8 Å². The molecule has 2 amide bonds. The van der Waals surface area contributed by atoms with Crippen LogP contribution in [-0.2, 0) is 4.79 Å². The Balaban J connectivity index is 2.01. The van der Waals surface area contributed by atoms with Gasteiger partial charge in [0.2, 0.25) is 0 Å². The van der Waals surface area contributed by atoms with Crippen LogP contribution in [0.3, 0.4) is 0 Å². The summed E-state index contributed by atoms with van der Waals surface area (Å²) in [5.41, 5.74) is 0. The van der Waals surface area contributed by atoms with Gasteiger partial charge < -0.3 is 10.4 Å². The van der Waals surface area contributed by atoms with Gasteiger partial charge in [0.05, 0.1) is 5.37 Å². The molecule has 2 aliphatic rings. The number of carboxylic acid groups (broad SMARTS) is 1. The van der Waals surface area contributed by atoms with Crippen LogP contribution < -0.4 is 5.32 Å². The molecular formula is C13H22N2O3S2. The van der Waals surface area contributed by atoms with E-state index in [1.165, 1.54) is 4.90 Å². The van der Waals surface area contributed by atoms with Crippen molar-refractivity contribution in [3.05, 3.63) is 0 Å². The van der Waals surface area contributed by atoms with Crippen molar-refractivity contribution < 1.29 is 14.7 Å². The second kappa shape index (κ2) is 6.05. The molecule has 1 aliphatic heterocycles. The molecule has 0 radical (unpaired) electrons. The molecule has 1 heterocycles. The van der Waals surface area contributed by atoms with Gasteiger partial charge in [-0.3, -0.25) is 4.90 Å². The minimum Gasteiger partial charge on any atom is -0.480 e. The lowest BCUT2D eigenvalue weighted by Crippen LogP contribution is -2.52. The van der Waals surface area contributed by atoms with Crippen molar-refractivity contribution in [2.75, 3.05) is 18.6 Å². The highest BCUT2D eigenvalue weighted by atomic mass is 32.2. The summed E-state index contributed by atoms with van der Waals surface area (Å²) in [4.78, 5) is 25.2. The van der Waals surface area contributed by atoms with E-state index in [-0.39, 0.29) is 22.1 Å². The fraction of sp³-hybridized carbons (Fsp3) is 0.846. The topological polar surface area (TPSA) is 69.6 Å². The van der Waals surface area contributed by atoms with Gasteiger partial charge in [0.1, 0.15) is 6.04 Å². The third kappa shape index (κ3) is 3.19. The summed E-state index contributed by atoms with van der Waals surface area (Å²) in [5.74, 6) is -0.202. The predicted molar refractivity (Wildman–Crippen MR) is 83.2 cm³/mol. The number of thioether (sulfide) groups is 2. The molecule has 0 aromatic rings. The molecule has 2 fully saturated rings. The van der Waals surface area contributed by atoms with E-state index in [0.717, 1.165) is 12.8 Å². The zero-order valence-electron chi connectivity index (χ0n) is 12.1. The number of urea groups is 1. The molecule has 20 heavy (non-hydrogen) atoms. The van der Waals surface area contributed by atoms with Crippen molar-refractivity contribution in [2.45, 2.75) is 42.9 Å². The lowest BCUT2D eigenvalue weighted by molar-refractivity contribution is -0.141. The molecule has 1 saturated heterocycles. The Bertz CT molecular complexity index is 399. The van der Waals surface area contributed by atoms with Crippen LogP contribution in [0, 0.1) is 5.92 Å². The van der Waals surface area contributed by atoms with E-state index in [9.17, 15) is 14.7 Å². The van der Waals surface area contributed by atoms with Crippen LogP contribution in [0.1, 0.15) is 26.7 Å². The number of hydrogen-bond donors (Lipinski definition) is 2. The lowest BCUT2D eigenvalue weighted by atomic mass is 10.2. The molecule has 0 aromatic carbocycles. The van der Waals surface area contributed by atoms with Gasteiger partial charge in [-0.2, -0.15) is 11.8 Å². The summed E-state index contributed by atoms with van der Waals surface area (Å²) in [6.45, 7) is 4.67. The summed E-state index contributed by atoms with van der Waals surface area (Å²) in [6, 6.07) is -0.946. The van der Waals surface area contributed by atoms with Gasteiger partial charge in [-0.1, -0.05) is 13.8 Å². The standard InChI is InChI=1S/C13H22N2O3S2/c1-8(2)10-15(9(6-20-10)11(16)17)12(18)14-7-13(19-3)4-5-13/h8-10H,4-7H2,1-3H3,(H,14,18)(H,16,17). The summed E-state index contributed by atoms with van der Waals surface area (Å²) in [5, 5.41) is 12.2. The first kappa shape index (κ1) is 15.8. The number of aliphatic carboxylic acids is 1. The van der Waals surface area contributed by atoms with Crippen LogP contribution in [0.5, 0.6) is 0 Å². The Kier molecular flexibility index (Phi) is 4.79. The van der Waals surface area contributed by atoms with Crippen LogP contribution in [0.25, 0.3) is 0 Å². The molecule has 1 aliphatic carbocycles. The van der Waals surface area contributed by atoms with Crippen molar-refractivity contribution in [1.29, 1.82) is 0 Å². The van der Waals surface area contributed by atoms with Crippen LogP contribution in [0.15, 0.2) is 0 Å². The van der Waals surface area contributed by atoms with E-state index in [2.05, 4.69) is 11.6 Å². The summed E-state index contributed by atoms with van der Waals surface area (Å²) >= 11 is 3.34. The number of hydrogen-bond acceptors (Lipinski definition) is 4. The zero-order valence-corrected chi connectivity index (χ0v) is 13.7. The fourth-order valence-corrected chi connectivity index (χ4v) is 4.61. The maximum atomic E-state index is 12.4. The van der Waals surface area contributed by atoms with E-state index in [0.29, 0.717) is 12.3 Å². The molecule has 2 atom stereocenters. The number of amides is 2. The van der Waals surface area contributed by atoms with E-state index >= 15 is 0 Å². The van der Waals surface area contributed by atoms with Gasteiger partial charge in [-0.05, 0) is 25.0 Å². The number of nitrogens with zero attached hydrogens (tertiary/aromatic N) is 1. The molecule has 5 nitrogen and oxygen atoms in total. The highest BCUT2D eigenvalue weighted by Crippen LogP contribution is 2.46. The van der Waals surface area contributed by atoms with Gasteiger partial charge >= 0.3 is 12.0 Å². The van der Waals surface area contributed by atoms with E-state index in [1.54, 1.807) is 23.5 Å². The molecule has 0 bridgehead atoms. The number of rotatable bonds is 5. The fourth-order valence-electron chi connectivity index (χ4n) is 2.41. The quantitative estimate of drug-likeness (QED) is 0.812. The first-order chi connectivity index (χ1) is 9.40. The maximum Gasteiger partial charge on any atom is 0.327 e. The Morgan fingerprint density at radius 3 is 2.60 bits per heavy atom. The van der Waals surface area contributed by atoms with Gasteiger partial charge in [0.25, 0.3) is 0 Å². The highest BCUT2D eigenvalue weighted by molar-refractivity contribution is 8.00. The van der Waals surface area contributed by atoms with Crippen LogP contribution >= 0.6 is 23.5 Å². The molecule has 2 unspecified atom stereocenters. The first-order valence-electron chi connectivity index (χ1n) is 6.86. The van der Waals surface area contributed by atoms with Crippen LogP contribution in [0.4, 0.5) is 4.79 Å². The van der Waals surface area contributed by atoms with Crippen molar-refractivity contribution in [3.8, 4) is 0 Å². The van der Waals surface area contributed by atoms with Gasteiger partial charge in [0.15, 0.2) is 0 Å².